The second-order valence-electron chi connectivity index (χ2n) is 15.8. The van der Waals surface area contributed by atoms with Crippen LogP contribution in [0.25, 0.3) is 0 Å². The Labute approximate surface area is 299 Å². The standard InChI is InChI=1S/C36H49N5O9S/c1-34(2,3)50-32(45)37-27-15-9-7-5-6-8-14-25-19-36(25,31(44)39-51(47,48)35(4)16-17-35)38-29(42)28-18-26(22-41(28)30(27)43)49-33(46)40-20-23-12-10-11-13-24(23)21-40/h8,10-14,25-28H,5-7,9,15-22H2,1-4H3,(H,37,45)(H,38,42)(H,39,44)/t25-,26-,27-,28+,36-/m1/s1. The van der Waals surface area contributed by atoms with Gasteiger partial charge in [-0.25, -0.2) is 18.0 Å². The van der Waals surface area contributed by atoms with E-state index >= 15 is 0 Å². The van der Waals surface area contributed by atoms with Crippen molar-refractivity contribution in [2.75, 3.05) is 6.54 Å². The van der Waals surface area contributed by atoms with Crippen LogP contribution in [0.15, 0.2) is 36.4 Å². The van der Waals surface area contributed by atoms with Gasteiger partial charge in [-0.1, -0.05) is 49.3 Å². The molecule has 0 aromatic heterocycles. The summed E-state index contributed by atoms with van der Waals surface area (Å²) in [6.45, 7) is 7.32. The lowest BCUT2D eigenvalue weighted by Crippen LogP contribution is -2.58. The van der Waals surface area contributed by atoms with E-state index < -0.39 is 79.9 Å². The Morgan fingerprint density at radius 2 is 1.71 bits per heavy atom. The van der Waals surface area contributed by atoms with Crippen molar-refractivity contribution in [3.8, 4) is 0 Å². The molecule has 2 aliphatic carbocycles. The normalized spacial score (nSPS) is 28.9. The molecule has 3 aliphatic heterocycles. The van der Waals surface area contributed by atoms with E-state index in [1.807, 2.05) is 36.4 Å². The van der Waals surface area contributed by atoms with Gasteiger partial charge in [0.25, 0.3) is 5.91 Å². The zero-order valence-corrected chi connectivity index (χ0v) is 30.6. The van der Waals surface area contributed by atoms with E-state index in [4.69, 9.17) is 9.47 Å². The number of alkyl carbamates (subject to hydrolysis) is 1. The van der Waals surface area contributed by atoms with Crippen LogP contribution in [0.2, 0.25) is 0 Å². The minimum Gasteiger partial charge on any atom is -0.444 e. The van der Waals surface area contributed by atoms with E-state index in [-0.39, 0.29) is 25.8 Å². The van der Waals surface area contributed by atoms with Gasteiger partial charge in [0.1, 0.15) is 29.3 Å². The van der Waals surface area contributed by atoms with Gasteiger partial charge < -0.3 is 25.0 Å². The summed E-state index contributed by atoms with van der Waals surface area (Å²) in [6.07, 6.45) is 5.62. The summed E-state index contributed by atoms with van der Waals surface area (Å²) < 4.78 is 38.7. The molecule has 1 saturated heterocycles. The number of carbonyl (C=O) groups excluding carboxylic acids is 5. The number of hydrogen-bond acceptors (Lipinski definition) is 9. The van der Waals surface area contributed by atoms with Crippen molar-refractivity contribution in [2.45, 2.75) is 133 Å². The Balaban J connectivity index is 1.25. The average molecular weight is 728 g/mol. The molecule has 15 heteroatoms. The summed E-state index contributed by atoms with van der Waals surface area (Å²) >= 11 is 0. The Morgan fingerprint density at radius 3 is 2.35 bits per heavy atom. The molecule has 0 radical (unpaired) electrons. The van der Waals surface area contributed by atoms with Gasteiger partial charge in [0.2, 0.25) is 21.8 Å². The lowest BCUT2D eigenvalue weighted by Gasteiger charge is -2.30. The fraction of sp³-hybridized carbons (Fsp3) is 0.639. The molecule has 2 saturated carbocycles. The molecule has 3 heterocycles. The molecule has 0 unspecified atom stereocenters. The van der Waals surface area contributed by atoms with Crippen molar-refractivity contribution in [1.82, 2.24) is 25.2 Å². The summed E-state index contributed by atoms with van der Waals surface area (Å²) in [5, 5.41) is 5.53. The molecule has 1 aromatic rings. The smallest absolute Gasteiger partial charge is 0.410 e. The first-order valence-electron chi connectivity index (χ1n) is 17.9. The number of ether oxygens (including phenoxy) is 2. The highest BCUT2D eigenvalue weighted by molar-refractivity contribution is 7.91. The van der Waals surface area contributed by atoms with Crippen LogP contribution >= 0.6 is 0 Å². The SMILES string of the molecule is CC(C)(C)OC(=O)N[C@@H]1CCCCCC=C[C@@H]2C[C@@]2(C(=O)NS(=O)(=O)C2(C)CC2)NC(=O)[C@@H]2C[C@@H](OC(=O)N3Cc4ccccc4C3)CN2C1=O. The third-order valence-electron chi connectivity index (χ3n) is 10.5. The Morgan fingerprint density at radius 1 is 1.02 bits per heavy atom. The summed E-state index contributed by atoms with van der Waals surface area (Å²) in [4.78, 5) is 71.4. The highest BCUT2D eigenvalue weighted by Gasteiger charge is 2.63. The maximum atomic E-state index is 14.3. The molecule has 6 rings (SSSR count). The number of sulfonamides is 1. The van der Waals surface area contributed by atoms with Gasteiger partial charge in [-0.05, 0) is 77.3 Å². The first-order valence-corrected chi connectivity index (χ1v) is 19.4. The number of nitrogens with zero attached hydrogens (tertiary/aromatic N) is 2. The molecule has 5 atom stereocenters. The minimum atomic E-state index is -3.99. The second-order valence-corrected chi connectivity index (χ2v) is 18.0. The van der Waals surface area contributed by atoms with Crippen LogP contribution in [0.3, 0.4) is 0 Å². The number of fused-ring (bicyclic) bond motifs is 3. The Hall–Kier alpha value is -4.14. The third-order valence-corrected chi connectivity index (χ3v) is 12.7. The highest BCUT2D eigenvalue weighted by atomic mass is 32.2. The molecule has 14 nitrogen and oxygen atoms in total. The molecule has 51 heavy (non-hydrogen) atoms. The first-order chi connectivity index (χ1) is 24.0. The zero-order valence-electron chi connectivity index (χ0n) is 29.7. The summed E-state index contributed by atoms with van der Waals surface area (Å²) in [6, 6.07) is 5.48. The van der Waals surface area contributed by atoms with E-state index in [0.717, 1.165) is 24.0 Å². The van der Waals surface area contributed by atoms with E-state index in [1.54, 1.807) is 32.6 Å². The quantitative estimate of drug-likeness (QED) is 0.383. The van der Waals surface area contributed by atoms with Crippen molar-refractivity contribution in [3.63, 3.8) is 0 Å². The third kappa shape index (κ3) is 8.02. The van der Waals surface area contributed by atoms with Gasteiger partial charge in [0, 0.05) is 25.4 Å². The summed E-state index contributed by atoms with van der Waals surface area (Å²) in [5.74, 6) is -2.50. The van der Waals surface area contributed by atoms with Crippen LogP contribution < -0.4 is 15.4 Å². The fourth-order valence-corrected chi connectivity index (χ4v) is 8.39. The molecule has 3 fully saturated rings. The first kappa shape index (κ1) is 36.6. The fourth-order valence-electron chi connectivity index (χ4n) is 7.08. The number of allylic oxidation sites excluding steroid dienone is 1. The predicted molar refractivity (Wildman–Crippen MR) is 185 cm³/mol. The predicted octanol–water partition coefficient (Wildman–Crippen LogP) is 3.40. The van der Waals surface area contributed by atoms with Crippen LogP contribution in [0.5, 0.6) is 0 Å². The van der Waals surface area contributed by atoms with Crippen LogP contribution in [0.4, 0.5) is 9.59 Å². The van der Waals surface area contributed by atoms with Gasteiger partial charge in [0.05, 0.1) is 11.3 Å². The van der Waals surface area contributed by atoms with Gasteiger partial charge in [0.15, 0.2) is 0 Å². The van der Waals surface area contributed by atoms with Crippen LogP contribution in [0.1, 0.15) is 96.6 Å². The summed E-state index contributed by atoms with van der Waals surface area (Å²) in [5.41, 5.74) is -0.337. The minimum absolute atomic E-state index is 0.0577. The molecule has 5 amide bonds. The van der Waals surface area contributed by atoms with Crippen LogP contribution in [0, 0.1) is 5.92 Å². The molecule has 5 aliphatic rings. The lowest BCUT2D eigenvalue weighted by atomic mass is 10.0. The zero-order chi connectivity index (χ0) is 36.8. The largest absolute Gasteiger partial charge is 0.444 e. The summed E-state index contributed by atoms with van der Waals surface area (Å²) in [7, 11) is -3.99. The highest BCUT2D eigenvalue weighted by Crippen LogP contribution is 2.47. The number of nitrogens with one attached hydrogen (secondary N) is 3. The lowest BCUT2D eigenvalue weighted by molar-refractivity contribution is -0.141. The number of rotatable bonds is 5. The maximum Gasteiger partial charge on any atom is 0.410 e. The molecule has 278 valence electrons. The van der Waals surface area contributed by atoms with E-state index in [9.17, 15) is 32.4 Å². The van der Waals surface area contributed by atoms with E-state index in [0.29, 0.717) is 38.8 Å². The molecule has 0 bridgehead atoms. The van der Waals surface area contributed by atoms with Crippen molar-refractivity contribution in [2.24, 2.45) is 5.92 Å². The number of carbonyl (C=O) groups is 5. The van der Waals surface area contributed by atoms with Gasteiger partial charge in [-0.15, -0.1) is 0 Å². The molecular formula is C36H49N5O9S. The van der Waals surface area contributed by atoms with Crippen molar-refractivity contribution in [1.29, 1.82) is 0 Å². The molecular weight excluding hydrogens is 678 g/mol. The van der Waals surface area contributed by atoms with Crippen LogP contribution in [-0.2, 0) is 47.0 Å². The number of hydrogen-bond donors (Lipinski definition) is 3. The van der Waals surface area contributed by atoms with Crippen molar-refractivity contribution < 1.29 is 41.9 Å². The van der Waals surface area contributed by atoms with E-state index in [2.05, 4.69) is 15.4 Å². The molecule has 1 aromatic carbocycles. The van der Waals surface area contributed by atoms with Crippen molar-refractivity contribution in [3.05, 3.63) is 47.5 Å². The topological polar surface area (TPSA) is 181 Å². The van der Waals surface area contributed by atoms with Crippen molar-refractivity contribution >= 4 is 39.9 Å². The maximum absolute atomic E-state index is 14.3. The number of benzene rings is 1. The molecule has 0 spiro atoms. The van der Waals surface area contributed by atoms with Gasteiger partial charge in [-0.2, -0.15) is 0 Å². The van der Waals surface area contributed by atoms with E-state index in [1.165, 1.54) is 4.90 Å². The monoisotopic (exact) mass is 727 g/mol. The average Bonchev–Trinajstić information content (AvgIpc) is 3.84. The Bertz CT molecular complexity index is 1690. The Kier molecular flexibility index (Phi) is 9.90. The molecule has 3 N–H and O–H groups in total. The number of amides is 5. The van der Waals surface area contributed by atoms with Gasteiger partial charge in [-0.3, -0.25) is 24.0 Å². The second kappa shape index (κ2) is 13.8. The van der Waals surface area contributed by atoms with Crippen LogP contribution in [-0.4, -0.2) is 88.7 Å². The van der Waals surface area contributed by atoms with Gasteiger partial charge >= 0.3 is 12.2 Å².